The molecule has 0 saturated carbocycles. The van der Waals surface area contributed by atoms with Gasteiger partial charge in [-0.1, -0.05) is 30.0 Å². The van der Waals surface area contributed by atoms with Crippen LogP contribution in [0.2, 0.25) is 0 Å². The molecule has 27 heavy (non-hydrogen) atoms. The predicted molar refractivity (Wildman–Crippen MR) is 108 cm³/mol. The lowest BCUT2D eigenvalue weighted by molar-refractivity contribution is 0.0994. The predicted octanol–water partition coefficient (Wildman–Crippen LogP) is 3.61. The highest BCUT2D eigenvalue weighted by atomic mass is 32.2. The smallest absolute Gasteiger partial charge is 0.229 e. The first-order valence-corrected chi connectivity index (χ1v) is 11.0. The van der Waals surface area contributed by atoms with Crippen LogP contribution in [0.3, 0.4) is 0 Å². The largest absolute Gasteiger partial charge is 0.295 e. The third kappa shape index (κ3) is 4.99. The fraction of sp³-hybridized carbons (Fsp3) is 0.158. The number of sulfonamides is 1. The molecule has 8 heteroatoms. The molecule has 0 aliphatic heterocycles. The van der Waals surface area contributed by atoms with E-state index in [0.29, 0.717) is 11.3 Å². The number of hydrogen-bond donors (Lipinski definition) is 1. The molecule has 0 bridgehead atoms. The first-order chi connectivity index (χ1) is 12.8. The number of thioether (sulfide) groups is 1. The molecule has 6 nitrogen and oxygen atoms in total. The summed E-state index contributed by atoms with van der Waals surface area (Å²) in [7, 11) is -3.34. The SMILES string of the molecule is C[C@@H](Sc1nccn1-c1ccccc1)C(=O)c1ccc(NS(C)(=O)=O)cc1. The minimum Gasteiger partial charge on any atom is -0.295 e. The van der Waals surface area contributed by atoms with Gasteiger partial charge in [0.05, 0.1) is 11.5 Å². The molecule has 0 fully saturated rings. The highest BCUT2D eigenvalue weighted by Gasteiger charge is 2.19. The number of Topliss-reactive ketones (excluding diaryl/α,β-unsaturated/α-hetero) is 1. The van der Waals surface area contributed by atoms with Gasteiger partial charge in [-0.2, -0.15) is 0 Å². The summed E-state index contributed by atoms with van der Waals surface area (Å²) in [6, 6.07) is 16.2. The molecule has 0 radical (unpaired) electrons. The summed E-state index contributed by atoms with van der Waals surface area (Å²) in [5, 5.41) is 0.390. The van der Waals surface area contributed by atoms with E-state index < -0.39 is 10.0 Å². The van der Waals surface area contributed by atoms with Crippen molar-refractivity contribution in [1.82, 2.24) is 9.55 Å². The summed E-state index contributed by atoms with van der Waals surface area (Å²) < 4.78 is 26.8. The van der Waals surface area contributed by atoms with Gasteiger partial charge in [-0.05, 0) is 43.3 Å². The summed E-state index contributed by atoms with van der Waals surface area (Å²) in [5.74, 6) is -0.0477. The van der Waals surface area contributed by atoms with Crippen LogP contribution in [0.4, 0.5) is 5.69 Å². The van der Waals surface area contributed by atoms with E-state index in [4.69, 9.17) is 0 Å². The number of nitrogens with one attached hydrogen (secondary N) is 1. The third-order valence-corrected chi connectivity index (χ3v) is 5.45. The van der Waals surface area contributed by atoms with E-state index in [1.807, 2.05) is 48.0 Å². The van der Waals surface area contributed by atoms with Crippen molar-refractivity contribution in [2.45, 2.75) is 17.3 Å². The van der Waals surface area contributed by atoms with Gasteiger partial charge in [0.25, 0.3) is 0 Å². The van der Waals surface area contributed by atoms with Crippen molar-refractivity contribution in [3.05, 3.63) is 72.6 Å². The van der Waals surface area contributed by atoms with Crippen molar-refractivity contribution in [3.8, 4) is 5.69 Å². The molecule has 1 aromatic heterocycles. The molecular weight excluding hydrogens is 382 g/mol. The summed E-state index contributed by atoms with van der Waals surface area (Å²) in [6.07, 6.45) is 4.65. The van der Waals surface area contributed by atoms with Crippen LogP contribution >= 0.6 is 11.8 Å². The van der Waals surface area contributed by atoms with Crippen LogP contribution in [0.1, 0.15) is 17.3 Å². The Morgan fingerprint density at radius 3 is 2.41 bits per heavy atom. The fourth-order valence-electron chi connectivity index (χ4n) is 2.52. The van der Waals surface area contributed by atoms with E-state index in [9.17, 15) is 13.2 Å². The molecule has 0 saturated heterocycles. The van der Waals surface area contributed by atoms with Gasteiger partial charge in [0.2, 0.25) is 10.0 Å². The van der Waals surface area contributed by atoms with Crippen LogP contribution in [0.15, 0.2) is 72.1 Å². The Morgan fingerprint density at radius 1 is 1.11 bits per heavy atom. The number of anilines is 1. The van der Waals surface area contributed by atoms with Crippen molar-refractivity contribution < 1.29 is 13.2 Å². The number of hydrogen-bond acceptors (Lipinski definition) is 5. The number of imidazole rings is 1. The van der Waals surface area contributed by atoms with Gasteiger partial charge in [0.15, 0.2) is 10.9 Å². The van der Waals surface area contributed by atoms with Crippen LogP contribution in [0, 0.1) is 0 Å². The first-order valence-electron chi connectivity index (χ1n) is 8.21. The van der Waals surface area contributed by atoms with Gasteiger partial charge in [0, 0.05) is 29.3 Å². The number of carbonyl (C=O) groups is 1. The average molecular weight is 402 g/mol. The highest BCUT2D eigenvalue weighted by Crippen LogP contribution is 2.27. The molecule has 1 heterocycles. The third-order valence-electron chi connectivity index (χ3n) is 3.77. The molecule has 0 aliphatic rings. The van der Waals surface area contributed by atoms with E-state index in [1.54, 1.807) is 30.5 Å². The molecule has 0 aliphatic carbocycles. The van der Waals surface area contributed by atoms with Crippen LogP contribution in [0.25, 0.3) is 5.69 Å². The number of benzene rings is 2. The maximum absolute atomic E-state index is 12.7. The zero-order chi connectivity index (χ0) is 19.4. The van der Waals surface area contributed by atoms with E-state index in [2.05, 4.69) is 9.71 Å². The molecular formula is C19H19N3O3S2. The van der Waals surface area contributed by atoms with E-state index >= 15 is 0 Å². The average Bonchev–Trinajstić information content (AvgIpc) is 3.09. The Kier molecular flexibility index (Phi) is 5.67. The van der Waals surface area contributed by atoms with Gasteiger partial charge >= 0.3 is 0 Å². The molecule has 1 N–H and O–H groups in total. The lowest BCUT2D eigenvalue weighted by Gasteiger charge is -2.12. The zero-order valence-electron chi connectivity index (χ0n) is 14.9. The molecule has 2 aromatic carbocycles. The summed E-state index contributed by atoms with van der Waals surface area (Å²) in [4.78, 5) is 17.1. The highest BCUT2D eigenvalue weighted by molar-refractivity contribution is 8.00. The number of ketones is 1. The van der Waals surface area contributed by atoms with Crippen LogP contribution in [-0.2, 0) is 10.0 Å². The summed E-state index contributed by atoms with van der Waals surface area (Å²) in [5.41, 5.74) is 1.93. The number of aromatic nitrogens is 2. The van der Waals surface area contributed by atoms with Crippen LogP contribution in [0.5, 0.6) is 0 Å². The van der Waals surface area contributed by atoms with Crippen LogP contribution < -0.4 is 4.72 Å². The Hall–Kier alpha value is -2.58. The number of carbonyl (C=O) groups excluding carboxylic acids is 1. The standard InChI is InChI=1S/C19H19N3O3S2/c1-14(18(23)15-8-10-16(11-9-15)21-27(2,24)25)26-19-20-12-13-22(19)17-6-4-3-5-7-17/h3-14,21H,1-2H3/t14-/m1/s1. The van der Waals surface area contributed by atoms with Gasteiger partial charge in [-0.3, -0.25) is 14.1 Å². The minimum absolute atomic E-state index is 0.0477. The zero-order valence-corrected chi connectivity index (χ0v) is 16.5. The Balaban J connectivity index is 1.73. The lowest BCUT2D eigenvalue weighted by atomic mass is 10.1. The Morgan fingerprint density at radius 2 is 1.78 bits per heavy atom. The van der Waals surface area contributed by atoms with Crippen molar-refractivity contribution in [1.29, 1.82) is 0 Å². The van der Waals surface area contributed by atoms with Crippen LogP contribution in [-0.4, -0.2) is 35.3 Å². The van der Waals surface area contributed by atoms with Gasteiger partial charge in [-0.15, -0.1) is 0 Å². The van der Waals surface area contributed by atoms with E-state index in [1.165, 1.54) is 11.8 Å². The second-order valence-corrected chi connectivity index (χ2v) is 9.05. The fourth-order valence-corrected chi connectivity index (χ4v) is 4.05. The van der Waals surface area contributed by atoms with Crippen molar-refractivity contribution in [2.24, 2.45) is 0 Å². The Bertz CT molecular complexity index is 1030. The molecule has 3 aromatic rings. The van der Waals surface area contributed by atoms with Gasteiger partial charge in [-0.25, -0.2) is 13.4 Å². The maximum Gasteiger partial charge on any atom is 0.229 e. The molecule has 1 atom stereocenters. The van der Waals surface area contributed by atoms with Crippen molar-refractivity contribution in [2.75, 3.05) is 11.0 Å². The lowest BCUT2D eigenvalue weighted by Crippen LogP contribution is -2.15. The first kappa shape index (κ1) is 19.2. The molecule has 0 amide bonds. The number of para-hydroxylation sites is 1. The molecule has 0 unspecified atom stereocenters. The van der Waals surface area contributed by atoms with Crippen molar-refractivity contribution >= 4 is 33.3 Å². The Labute approximate surface area is 162 Å². The molecule has 0 spiro atoms. The monoisotopic (exact) mass is 401 g/mol. The summed E-state index contributed by atoms with van der Waals surface area (Å²) in [6.45, 7) is 1.83. The normalized spacial score (nSPS) is 12.5. The minimum atomic E-state index is -3.34. The molecule has 3 rings (SSSR count). The topological polar surface area (TPSA) is 81.1 Å². The van der Waals surface area contributed by atoms with E-state index in [0.717, 1.165) is 17.1 Å². The second kappa shape index (κ2) is 7.98. The number of rotatable bonds is 7. The quantitative estimate of drug-likeness (QED) is 0.483. The van der Waals surface area contributed by atoms with E-state index in [-0.39, 0.29) is 11.0 Å². The van der Waals surface area contributed by atoms with Gasteiger partial charge in [0.1, 0.15) is 0 Å². The second-order valence-electron chi connectivity index (χ2n) is 5.99. The molecule has 140 valence electrons. The maximum atomic E-state index is 12.7. The summed E-state index contributed by atoms with van der Waals surface area (Å²) >= 11 is 1.38. The van der Waals surface area contributed by atoms with Gasteiger partial charge < -0.3 is 0 Å². The van der Waals surface area contributed by atoms with Crippen molar-refractivity contribution in [3.63, 3.8) is 0 Å². The number of nitrogens with zero attached hydrogens (tertiary/aromatic N) is 2.